The number of nitrogens with one attached hydrogen (secondary N) is 4. The predicted molar refractivity (Wildman–Crippen MR) is 245 cm³/mol. The van der Waals surface area contributed by atoms with Crippen LogP contribution in [-0.4, -0.2) is 106 Å². The maximum atomic E-state index is 15.7. The number of carbonyl (C=O) groups is 7. The van der Waals surface area contributed by atoms with Gasteiger partial charge in [-0.1, -0.05) is 95.6 Å². The molecule has 1 unspecified atom stereocenters. The first kappa shape index (κ1) is 54.3. The van der Waals surface area contributed by atoms with Crippen molar-refractivity contribution in [2.75, 3.05) is 13.1 Å². The first-order chi connectivity index (χ1) is 31.3. The van der Waals surface area contributed by atoms with Crippen molar-refractivity contribution >= 4 is 41.3 Å². The number of benzene rings is 2. The van der Waals surface area contributed by atoms with Gasteiger partial charge in [0.2, 0.25) is 29.4 Å². The number of amides is 5. The molecule has 5 amide bonds. The lowest BCUT2D eigenvalue weighted by molar-refractivity contribution is -1.08. The van der Waals surface area contributed by atoms with Crippen molar-refractivity contribution < 1.29 is 56.7 Å². The number of rotatable bonds is 22. The summed E-state index contributed by atoms with van der Waals surface area (Å²) in [6.07, 6.45) is -0.0985. The zero-order chi connectivity index (χ0) is 49.9. The summed E-state index contributed by atoms with van der Waals surface area (Å²) in [6, 6.07) is 9.23. The molecule has 2 aromatic rings. The first-order valence-corrected chi connectivity index (χ1v) is 23.4. The molecule has 1 fully saturated rings. The average molecular weight is 941 g/mol. The Morgan fingerprint density at radius 3 is 2.04 bits per heavy atom. The largest absolute Gasteiger partial charge is 0.598 e. The van der Waals surface area contributed by atoms with E-state index in [1.165, 1.54) is 6.92 Å². The van der Waals surface area contributed by atoms with Crippen molar-refractivity contribution in [3.8, 4) is 0 Å². The van der Waals surface area contributed by atoms with Crippen LogP contribution >= 0.6 is 0 Å². The number of quaternary nitrogens is 1. The van der Waals surface area contributed by atoms with Crippen molar-refractivity contribution in [1.29, 1.82) is 0 Å². The normalized spacial score (nSPS) is 20.2. The fourth-order valence-corrected chi connectivity index (χ4v) is 8.24. The van der Waals surface area contributed by atoms with E-state index >= 15 is 8.78 Å². The molecule has 0 aliphatic carbocycles. The lowest BCUT2D eigenvalue weighted by Crippen LogP contribution is -2.60. The summed E-state index contributed by atoms with van der Waals surface area (Å²) in [5.41, 5.74) is 1.66. The molecule has 16 nitrogen and oxygen atoms in total. The molecule has 0 radical (unpaired) electrons. The Morgan fingerprint density at radius 2 is 1.43 bits per heavy atom. The standard InChI is InChI=1S/C49H70F2N6O10/c1-10-18-37(43(60)49(50,51)47(64)52-32(6)33-19-12-11-13-20-33)53-44(61)38-27-36(67-57(65)26-25-34-21-14-15-22-35(34)29-57)28-56(38)46(63)42(31(4)5)55-45(62)41(30(2)3)54-39(58)23-16-17-24-40(59)66-48(7,8)9/h11-15,19-22,30-32,36-38,41-42H,10,16-18,23-29H2,1-9H3,(H,52,64)(H,53,61)(H,54,58)(H,55,62)/t32-,36+,37-,38-,41-,42-,57?/m0/s1. The van der Waals surface area contributed by atoms with Gasteiger partial charge in [-0.25, -0.2) is 4.81 Å². The zero-order valence-electron chi connectivity index (χ0n) is 40.3. The number of likely N-dealkylation sites (tertiary alicyclic amines) is 1. The van der Waals surface area contributed by atoms with Gasteiger partial charge in [-0.2, -0.15) is 13.6 Å². The molecule has 0 bridgehead atoms. The second-order valence-electron chi connectivity index (χ2n) is 19.4. The molecule has 0 saturated carbocycles. The smallest absolute Gasteiger partial charge is 0.383 e. The highest BCUT2D eigenvalue weighted by atomic mass is 19.3. The number of Topliss-reactive ketones (excluding diaryl/α,β-unsaturated/α-hetero) is 1. The number of carbonyl (C=O) groups excluding carboxylic acids is 7. The number of fused-ring (bicyclic) bond motifs is 1. The molecule has 7 atom stereocenters. The second-order valence-corrected chi connectivity index (χ2v) is 19.4. The van der Waals surface area contributed by atoms with Crippen LogP contribution in [0.3, 0.4) is 0 Å². The second kappa shape index (κ2) is 23.6. The van der Waals surface area contributed by atoms with Gasteiger partial charge in [-0.15, -0.1) is 0 Å². The molecular weight excluding hydrogens is 871 g/mol. The fraction of sp³-hybridized carbons (Fsp3) is 0.612. The lowest BCUT2D eigenvalue weighted by Gasteiger charge is -2.43. The molecule has 2 aliphatic heterocycles. The van der Waals surface area contributed by atoms with E-state index in [1.54, 1.807) is 91.8 Å². The van der Waals surface area contributed by atoms with Crippen LogP contribution in [0.5, 0.6) is 0 Å². The molecule has 18 heteroatoms. The van der Waals surface area contributed by atoms with Gasteiger partial charge in [0.15, 0.2) is 0 Å². The third-order valence-corrected chi connectivity index (χ3v) is 11.8. The van der Waals surface area contributed by atoms with Gasteiger partial charge in [0.05, 0.1) is 18.6 Å². The molecule has 0 aromatic heterocycles. The summed E-state index contributed by atoms with van der Waals surface area (Å²) < 4.78 is 36.8. The van der Waals surface area contributed by atoms with Gasteiger partial charge in [0, 0.05) is 31.2 Å². The number of nitrogens with zero attached hydrogens (tertiary/aromatic N) is 2. The number of ether oxygens (including phenoxy) is 1. The van der Waals surface area contributed by atoms with Crippen LogP contribution in [0.2, 0.25) is 0 Å². The number of unbranched alkanes of at least 4 members (excludes halogenated alkanes) is 1. The lowest BCUT2D eigenvalue weighted by atomic mass is 9.98. The van der Waals surface area contributed by atoms with Crippen molar-refractivity contribution in [1.82, 2.24) is 26.2 Å². The van der Waals surface area contributed by atoms with Crippen LogP contribution in [0.25, 0.3) is 0 Å². The summed E-state index contributed by atoms with van der Waals surface area (Å²) >= 11 is 0. The van der Waals surface area contributed by atoms with Gasteiger partial charge in [0.25, 0.3) is 5.91 Å². The summed E-state index contributed by atoms with van der Waals surface area (Å²) in [7, 11) is 0. The number of halogens is 2. The van der Waals surface area contributed by atoms with Crippen LogP contribution < -0.4 is 21.3 Å². The van der Waals surface area contributed by atoms with E-state index in [0.717, 1.165) is 16.0 Å². The van der Waals surface area contributed by atoms with Crippen LogP contribution in [0.4, 0.5) is 8.78 Å². The van der Waals surface area contributed by atoms with Gasteiger partial charge in [-0.05, 0) is 69.9 Å². The summed E-state index contributed by atoms with van der Waals surface area (Å²) in [5.74, 6) is -12.5. The Hall–Kier alpha value is -5.33. The molecule has 4 rings (SSSR count). The fourth-order valence-electron chi connectivity index (χ4n) is 8.24. The Morgan fingerprint density at radius 1 is 0.821 bits per heavy atom. The van der Waals surface area contributed by atoms with E-state index in [2.05, 4.69) is 21.3 Å². The highest BCUT2D eigenvalue weighted by molar-refractivity contribution is 6.10. The summed E-state index contributed by atoms with van der Waals surface area (Å²) in [4.78, 5) is 101. The molecule has 0 spiro atoms. The van der Waals surface area contributed by atoms with Crippen LogP contribution in [0.1, 0.15) is 130 Å². The Balaban J connectivity index is 1.54. The van der Waals surface area contributed by atoms with E-state index in [0.29, 0.717) is 24.8 Å². The monoisotopic (exact) mass is 941 g/mol. The Bertz CT molecular complexity index is 2060. The number of ketones is 1. The highest BCUT2D eigenvalue weighted by Crippen LogP contribution is 2.31. The van der Waals surface area contributed by atoms with Crippen molar-refractivity contribution in [3.05, 3.63) is 76.5 Å². The number of hydrogen-bond acceptors (Lipinski definition) is 10. The summed E-state index contributed by atoms with van der Waals surface area (Å²) in [6.45, 7) is 14.9. The van der Waals surface area contributed by atoms with E-state index in [9.17, 15) is 38.8 Å². The zero-order valence-corrected chi connectivity index (χ0v) is 40.3. The average Bonchev–Trinajstić information content (AvgIpc) is 3.68. The topological polar surface area (TPSA) is 212 Å². The molecule has 4 N–H and O–H groups in total. The molecule has 67 heavy (non-hydrogen) atoms. The minimum atomic E-state index is -4.55. The molecular formula is C49H70F2N6O10. The third kappa shape index (κ3) is 15.3. The Kier molecular flexibility index (Phi) is 19.1. The molecule has 370 valence electrons. The third-order valence-electron chi connectivity index (χ3n) is 11.8. The minimum Gasteiger partial charge on any atom is -0.598 e. The number of hydroxylamine groups is 4. The van der Waals surface area contributed by atoms with Gasteiger partial charge in [-0.3, -0.25) is 33.6 Å². The van der Waals surface area contributed by atoms with E-state index in [1.807, 2.05) is 18.2 Å². The van der Waals surface area contributed by atoms with E-state index in [-0.39, 0.29) is 57.7 Å². The molecule has 2 heterocycles. The molecule has 1 saturated heterocycles. The first-order valence-electron chi connectivity index (χ1n) is 23.4. The predicted octanol–water partition coefficient (Wildman–Crippen LogP) is 5.51. The van der Waals surface area contributed by atoms with Crippen LogP contribution in [0, 0.1) is 17.0 Å². The SMILES string of the molecule is CCC[C@H](NC(=O)[C@@H]1C[C@@H](O[N+]2([O-])CCc3ccccc3C2)CN1C(=O)[C@@H](NC(=O)[C@@H](NC(=O)CCCCC(=O)OC(C)(C)C)C(C)C)C(C)C)C(=O)C(F)(F)C(=O)N[C@@H](C)c1ccccc1. The van der Waals surface area contributed by atoms with Gasteiger partial charge < -0.3 is 36.1 Å². The highest BCUT2D eigenvalue weighted by Gasteiger charge is 2.52. The van der Waals surface area contributed by atoms with Gasteiger partial charge >= 0.3 is 11.9 Å². The van der Waals surface area contributed by atoms with E-state index in [4.69, 9.17) is 9.57 Å². The molecule has 2 aromatic carbocycles. The van der Waals surface area contributed by atoms with Crippen LogP contribution in [-0.2, 0) is 56.1 Å². The summed E-state index contributed by atoms with van der Waals surface area (Å²) in [5, 5.41) is 24.2. The maximum absolute atomic E-state index is 15.7. The minimum absolute atomic E-state index is 0.0219. The number of alkyl halides is 2. The molecule has 2 aliphatic rings. The van der Waals surface area contributed by atoms with Crippen molar-refractivity contribution in [2.45, 2.75) is 168 Å². The van der Waals surface area contributed by atoms with Crippen molar-refractivity contribution in [3.63, 3.8) is 0 Å². The number of esters is 1. The Labute approximate surface area is 392 Å². The van der Waals surface area contributed by atoms with E-state index < -0.39 is 99.8 Å². The quantitative estimate of drug-likeness (QED) is 0.0382. The van der Waals surface area contributed by atoms with Crippen LogP contribution in [0.15, 0.2) is 54.6 Å². The van der Waals surface area contributed by atoms with Crippen molar-refractivity contribution in [2.24, 2.45) is 11.8 Å². The number of hydrogen-bond donors (Lipinski definition) is 4. The maximum Gasteiger partial charge on any atom is 0.383 e. The van der Waals surface area contributed by atoms with Gasteiger partial charge in [0.1, 0.15) is 42.9 Å².